The van der Waals surface area contributed by atoms with Crippen molar-refractivity contribution in [3.63, 3.8) is 0 Å². The van der Waals surface area contributed by atoms with Gasteiger partial charge in [-0.05, 0) is 60.7 Å². The van der Waals surface area contributed by atoms with Crippen LogP contribution in [0.25, 0.3) is 0 Å². The Morgan fingerprint density at radius 1 is 0.895 bits per heavy atom. The van der Waals surface area contributed by atoms with E-state index in [0.717, 1.165) is 55.1 Å². The minimum Gasteiger partial charge on any atom is -0.323 e. The van der Waals surface area contributed by atoms with Gasteiger partial charge in [0.25, 0.3) is 5.91 Å². The molecule has 0 saturated carbocycles. The minimum absolute atomic E-state index is 0.121. The Morgan fingerprint density at radius 2 is 1.68 bits per heavy atom. The number of pyridine rings is 1. The zero-order chi connectivity index (χ0) is 26.1. The molecule has 3 aliphatic rings. The lowest BCUT2D eigenvalue weighted by molar-refractivity contribution is -0.136. The number of hydrogen-bond acceptors (Lipinski definition) is 6. The average molecular weight is 510 g/mol. The van der Waals surface area contributed by atoms with Crippen molar-refractivity contribution < 1.29 is 14.4 Å². The van der Waals surface area contributed by atoms with Crippen LogP contribution in [0.3, 0.4) is 0 Å². The van der Waals surface area contributed by atoms with E-state index < -0.39 is 6.04 Å². The third-order valence-electron chi connectivity index (χ3n) is 7.93. The van der Waals surface area contributed by atoms with Crippen molar-refractivity contribution in [2.75, 3.05) is 18.0 Å². The van der Waals surface area contributed by atoms with Gasteiger partial charge in [0, 0.05) is 56.1 Å². The maximum Gasteiger partial charge on any atom is 0.255 e. The molecule has 3 aromatic rings. The van der Waals surface area contributed by atoms with E-state index in [1.165, 1.54) is 0 Å². The molecule has 4 heterocycles. The second-order valence-corrected chi connectivity index (χ2v) is 10.2. The molecule has 6 rings (SSSR count). The molecule has 3 aliphatic heterocycles. The zero-order valence-electron chi connectivity index (χ0n) is 21.3. The van der Waals surface area contributed by atoms with Crippen LogP contribution >= 0.6 is 0 Å². The fourth-order valence-corrected chi connectivity index (χ4v) is 5.99. The van der Waals surface area contributed by atoms with Gasteiger partial charge >= 0.3 is 0 Å². The lowest BCUT2D eigenvalue weighted by Crippen LogP contribution is -2.52. The van der Waals surface area contributed by atoms with E-state index in [4.69, 9.17) is 0 Å². The largest absolute Gasteiger partial charge is 0.323 e. The van der Waals surface area contributed by atoms with E-state index in [1.807, 2.05) is 36.5 Å². The van der Waals surface area contributed by atoms with Gasteiger partial charge in [-0.2, -0.15) is 0 Å². The van der Waals surface area contributed by atoms with Crippen LogP contribution in [-0.4, -0.2) is 57.7 Å². The summed E-state index contributed by atoms with van der Waals surface area (Å²) in [5, 5.41) is 2.38. The fourth-order valence-electron chi connectivity index (χ4n) is 5.99. The number of nitrogens with one attached hydrogen (secondary N) is 1. The maximum absolute atomic E-state index is 13.2. The van der Waals surface area contributed by atoms with Gasteiger partial charge in [-0.1, -0.05) is 36.4 Å². The molecule has 2 fully saturated rings. The Labute approximate surface area is 222 Å². The molecule has 38 heavy (non-hydrogen) atoms. The Balaban J connectivity index is 1.15. The van der Waals surface area contributed by atoms with Crippen molar-refractivity contribution in [3.8, 4) is 0 Å². The highest BCUT2D eigenvalue weighted by molar-refractivity contribution is 6.05. The number of aromatic nitrogens is 1. The molecule has 1 N–H and O–H groups in total. The van der Waals surface area contributed by atoms with Gasteiger partial charge < -0.3 is 9.80 Å². The van der Waals surface area contributed by atoms with Gasteiger partial charge in [-0.15, -0.1) is 0 Å². The number of benzene rings is 2. The predicted molar refractivity (Wildman–Crippen MR) is 144 cm³/mol. The topological polar surface area (TPSA) is 85.9 Å². The highest BCUT2D eigenvalue weighted by Gasteiger charge is 2.40. The van der Waals surface area contributed by atoms with Crippen LogP contribution in [0.2, 0.25) is 0 Å². The van der Waals surface area contributed by atoms with Gasteiger partial charge in [0.1, 0.15) is 11.9 Å². The summed E-state index contributed by atoms with van der Waals surface area (Å²) in [5.41, 5.74) is 3.96. The first-order valence-electron chi connectivity index (χ1n) is 13.3. The van der Waals surface area contributed by atoms with E-state index in [0.29, 0.717) is 24.6 Å². The van der Waals surface area contributed by atoms with Crippen molar-refractivity contribution in [2.45, 2.75) is 50.9 Å². The summed E-state index contributed by atoms with van der Waals surface area (Å²) in [6, 6.07) is 22.1. The summed E-state index contributed by atoms with van der Waals surface area (Å²) in [7, 11) is 0. The third-order valence-corrected chi connectivity index (χ3v) is 7.93. The molecular formula is C30H31N5O3. The zero-order valence-corrected chi connectivity index (χ0v) is 21.3. The Bertz CT molecular complexity index is 1300. The molecule has 194 valence electrons. The quantitative estimate of drug-likeness (QED) is 0.511. The van der Waals surface area contributed by atoms with Gasteiger partial charge in [0.05, 0.1) is 0 Å². The van der Waals surface area contributed by atoms with Gasteiger partial charge in [-0.3, -0.25) is 24.6 Å². The minimum atomic E-state index is -0.591. The highest BCUT2D eigenvalue weighted by Crippen LogP contribution is 2.33. The second-order valence-electron chi connectivity index (χ2n) is 10.2. The van der Waals surface area contributed by atoms with Crippen LogP contribution in [-0.2, 0) is 22.7 Å². The van der Waals surface area contributed by atoms with Crippen molar-refractivity contribution in [1.82, 2.24) is 20.1 Å². The first-order chi connectivity index (χ1) is 18.6. The predicted octanol–water partition coefficient (Wildman–Crippen LogP) is 3.65. The third kappa shape index (κ3) is 4.67. The van der Waals surface area contributed by atoms with Crippen LogP contribution in [0, 0.1) is 0 Å². The monoisotopic (exact) mass is 509 g/mol. The number of carbonyl (C=O) groups excluding carboxylic acids is 3. The first-order valence-corrected chi connectivity index (χ1v) is 13.3. The van der Waals surface area contributed by atoms with Crippen molar-refractivity contribution in [3.05, 3.63) is 89.6 Å². The normalized spacial score (nSPS) is 20.4. The molecule has 2 aromatic carbocycles. The summed E-state index contributed by atoms with van der Waals surface area (Å²) in [5.74, 6) is 0.198. The number of likely N-dealkylation sites (tertiary alicyclic amines) is 1. The van der Waals surface area contributed by atoms with Gasteiger partial charge in [-0.25, -0.2) is 4.98 Å². The van der Waals surface area contributed by atoms with Gasteiger partial charge in [0.2, 0.25) is 11.8 Å². The Kier molecular flexibility index (Phi) is 6.64. The summed E-state index contributed by atoms with van der Waals surface area (Å²) >= 11 is 0. The average Bonchev–Trinajstić information content (AvgIpc) is 3.28. The van der Waals surface area contributed by atoms with Crippen LogP contribution in [0.5, 0.6) is 0 Å². The molecule has 0 spiro atoms. The number of nitrogens with zero attached hydrogens (tertiary/aromatic N) is 4. The molecule has 1 unspecified atom stereocenters. The molecule has 0 bridgehead atoms. The molecule has 8 heteroatoms. The molecule has 0 aliphatic carbocycles. The molecule has 3 amide bonds. The van der Waals surface area contributed by atoms with Crippen molar-refractivity contribution >= 4 is 29.2 Å². The molecule has 0 radical (unpaired) electrons. The second kappa shape index (κ2) is 10.4. The van der Waals surface area contributed by atoms with Crippen molar-refractivity contribution in [2.24, 2.45) is 0 Å². The number of anilines is 2. The Morgan fingerprint density at radius 3 is 2.42 bits per heavy atom. The number of fused-ring (bicyclic) bond motifs is 1. The SMILES string of the molecule is O=C1CCC(N2Cc3c(CN4CCC(N(c5ccccc5)c5ccccn5)CC4)cccc3C2=O)C(=O)N1. The van der Waals surface area contributed by atoms with Crippen molar-refractivity contribution in [1.29, 1.82) is 0 Å². The maximum atomic E-state index is 13.2. The lowest BCUT2D eigenvalue weighted by Gasteiger charge is -2.39. The smallest absolute Gasteiger partial charge is 0.255 e. The first kappa shape index (κ1) is 24.3. The van der Waals surface area contributed by atoms with E-state index in [-0.39, 0.29) is 24.1 Å². The lowest BCUT2D eigenvalue weighted by atomic mass is 9.99. The summed E-state index contributed by atoms with van der Waals surface area (Å²) < 4.78 is 0. The van der Waals surface area contributed by atoms with Crippen LogP contribution in [0.15, 0.2) is 72.9 Å². The molecule has 8 nitrogen and oxygen atoms in total. The molecule has 2 saturated heterocycles. The molecule has 1 aromatic heterocycles. The van der Waals surface area contributed by atoms with Crippen LogP contribution in [0.1, 0.15) is 47.2 Å². The number of imide groups is 1. The van der Waals surface area contributed by atoms with E-state index in [2.05, 4.69) is 56.5 Å². The van der Waals surface area contributed by atoms with Crippen LogP contribution in [0.4, 0.5) is 11.5 Å². The number of amides is 3. The number of hydrogen-bond donors (Lipinski definition) is 1. The summed E-state index contributed by atoms with van der Waals surface area (Å²) in [6.45, 7) is 3.06. The van der Waals surface area contributed by atoms with E-state index in [1.54, 1.807) is 4.90 Å². The van der Waals surface area contributed by atoms with Crippen LogP contribution < -0.4 is 10.2 Å². The number of para-hydroxylation sites is 1. The standard InChI is InChI=1S/C30H31N5O3/c36-28-13-12-26(29(37)32-28)34-20-25-21(7-6-10-24(25)30(34)38)19-33-17-14-23(15-18-33)35(22-8-2-1-3-9-22)27-11-4-5-16-31-27/h1-11,16,23,26H,12-15,17-20H2,(H,32,36,37). The number of rotatable bonds is 6. The fraction of sp³-hybridized carbons (Fsp3) is 0.333. The van der Waals surface area contributed by atoms with Gasteiger partial charge in [0.15, 0.2) is 0 Å². The number of carbonyl (C=O) groups is 3. The summed E-state index contributed by atoms with van der Waals surface area (Å²) in [4.78, 5) is 48.3. The highest BCUT2D eigenvalue weighted by atomic mass is 16.2. The number of piperidine rings is 2. The van der Waals surface area contributed by atoms with E-state index >= 15 is 0 Å². The molecular weight excluding hydrogens is 478 g/mol. The Hall–Kier alpha value is -4.04. The molecule has 1 atom stereocenters. The summed E-state index contributed by atoms with van der Waals surface area (Å²) in [6.07, 6.45) is 4.48. The van der Waals surface area contributed by atoms with E-state index in [9.17, 15) is 14.4 Å².